The molecule has 1 aromatic heterocycles. The van der Waals surface area contributed by atoms with E-state index in [1.165, 1.54) is 35.7 Å². The number of carbonyl (C=O) groups is 1. The third-order valence-corrected chi connectivity index (χ3v) is 7.37. The summed E-state index contributed by atoms with van der Waals surface area (Å²) in [5, 5.41) is 12.0. The molecule has 1 aromatic carbocycles. The first kappa shape index (κ1) is 22.9. The van der Waals surface area contributed by atoms with Crippen LogP contribution in [0.4, 0.5) is 0 Å². The van der Waals surface area contributed by atoms with Crippen LogP contribution in [-0.2, 0) is 9.53 Å². The van der Waals surface area contributed by atoms with Crippen LogP contribution < -0.4 is 15.9 Å². The fraction of sp³-hybridized carbons (Fsp3) is 0.591. The van der Waals surface area contributed by atoms with Gasteiger partial charge in [0.1, 0.15) is 5.75 Å². The predicted molar refractivity (Wildman–Crippen MR) is 124 cm³/mol. The molecule has 1 amide bonds. The lowest BCUT2D eigenvalue weighted by molar-refractivity contribution is -0.119. The molecule has 1 aliphatic heterocycles. The number of aromatic nitrogens is 3. The fourth-order valence-electron chi connectivity index (χ4n) is 4.61. The van der Waals surface area contributed by atoms with Crippen molar-refractivity contribution < 1.29 is 14.3 Å². The van der Waals surface area contributed by atoms with Crippen molar-refractivity contribution in [1.29, 1.82) is 0 Å². The second-order valence-corrected chi connectivity index (χ2v) is 9.30. The maximum atomic E-state index is 12.7. The van der Waals surface area contributed by atoms with Gasteiger partial charge in [-0.2, -0.15) is 0 Å². The normalized spacial score (nSPS) is 18.9. The minimum atomic E-state index is -0.0118. The minimum Gasteiger partial charge on any atom is -0.497 e. The standard InChI is InChI=1S/C22H32N6O3S/c1-30-18-7-5-17(6-8-18)20-25-26-21(28(20)23)32-15-19(29)24-16-22(9-3-2-4-10-22)27-11-13-31-14-12-27/h5-8H,2-4,9-16,23H2,1H3,(H,24,29). The van der Waals surface area contributed by atoms with Crippen LogP contribution >= 0.6 is 11.8 Å². The molecule has 0 spiro atoms. The number of hydrogen-bond acceptors (Lipinski definition) is 8. The molecule has 2 aromatic rings. The highest BCUT2D eigenvalue weighted by atomic mass is 32.2. The van der Waals surface area contributed by atoms with Gasteiger partial charge in [0.15, 0.2) is 5.82 Å². The molecule has 10 heteroatoms. The lowest BCUT2D eigenvalue weighted by atomic mass is 9.79. The van der Waals surface area contributed by atoms with Gasteiger partial charge >= 0.3 is 0 Å². The van der Waals surface area contributed by atoms with E-state index in [4.69, 9.17) is 15.3 Å². The SMILES string of the molecule is COc1ccc(-c2nnc(SCC(=O)NCC3(N4CCOCC4)CCCCC3)n2N)cc1. The Morgan fingerprint density at radius 2 is 1.91 bits per heavy atom. The number of nitrogens with two attached hydrogens (primary N) is 1. The van der Waals surface area contributed by atoms with Crippen molar-refractivity contribution in [2.45, 2.75) is 42.8 Å². The maximum absolute atomic E-state index is 12.7. The number of rotatable bonds is 8. The number of hydrogen-bond donors (Lipinski definition) is 2. The van der Waals surface area contributed by atoms with Crippen molar-refractivity contribution in [3.05, 3.63) is 24.3 Å². The third-order valence-electron chi connectivity index (χ3n) is 6.43. The number of nitrogens with zero attached hydrogens (tertiary/aromatic N) is 4. The summed E-state index contributed by atoms with van der Waals surface area (Å²) in [4.78, 5) is 15.2. The van der Waals surface area contributed by atoms with Gasteiger partial charge in [0.25, 0.3) is 0 Å². The van der Waals surface area contributed by atoms with E-state index in [9.17, 15) is 4.79 Å². The molecular formula is C22H32N6O3S. The van der Waals surface area contributed by atoms with Gasteiger partial charge in [-0.15, -0.1) is 10.2 Å². The van der Waals surface area contributed by atoms with Crippen LogP contribution in [-0.4, -0.2) is 76.9 Å². The van der Waals surface area contributed by atoms with Crippen molar-refractivity contribution in [2.24, 2.45) is 0 Å². The highest BCUT2D eigenvalue weighted by Crippen LogP contribution is 2.34. The Hall–Kier alpha value is -2.30. The van der Waals surface area contributed by atoms with Gasteiger partial charge in [-0.05, 0) is 37.1 Å². The van der Waals surface area contributed by atoms with Gasteiger partial charge in [0.2, 0.25) is 11.1 Å². The number of ether oxygens (including phenoxy) is 2. The number of nitrogen functional groups attached to an aromatic ring is 1. The average molecular weight is 461 g/mol. The Morgan fingerprint density at radius 3 is 2.59 bits per heavy atom. The Morgan fingerprint density at radius 1 is 1.19 bits per heavy atom. The molecular weight excluding hydrogens is 428 g/mol. The van der Waals surface area contributed by atoms with Crippen LogP contribution in [0.5, 0.6) is 5.75 Å². The Balaban J connectivity index is 1.33. The van der Waals surface area contributed by atoms with E-state index >= 15 is 0 Å². The second kappa shape index (κ2) is 10.5. The van der Waals surface area contributed by atoms with Gasteiger partial charge < -0.3 is 20.6 Å². The summed E-state index contributed by atoms with van der Waals surface area (Å²) in [7, 11) is 1.62. The lowest BCUT2D eigenvalue weighted by Gasteiger charge is -2.48. The van der Waals surface area contributed by atoms with E-state index in [1.807, 2.05) is 24.3 Å². The number of thioether (sulfide) groups is 1. The van der Waals surface area contributed by atoms with Gasteiger partial charge in [0.05, 0.1) is 26.1 Å². The van der Waals surface area contributed by atoms with Crippen molar-refractivity contribution in [2.75, 3.05) is 51.6 Å². The zero-order valence-electron chi connectivity index (χ0n) is 18.6. The summed E-state index contributed by atoms with van der Waals surface area (Å²) in [6.07, 6.45) is 5.96. The van der Waals surface area contributed by atoms with Gasteiger partial charge in [-0.3, -0.25) is 9.69 Å². The van der Waals surface area contributed by atoms with Crippen molar-refractivity contribution in [3.63, 3.8) is 0 Å². The summed E-state index contributed by atoms with van der Waals surface area (Å²) in [6, 6.07) is 7.45. The monoisotopic (exact) mass is 460 g/mol. The number of morpholine rings is 1. The molecule has 0 bridgehead atoms. The Labute approximate surface area is 193 Å². The van der Waals surface area contributed by atoms with E-state index < -0.39 is 0 Å². The molecule has 32 heavy (non-hydrogen) atoms. The van der Waals surface area contributed by atoms with Gasteiger partial charge in [-0.25, -0.2) is 4.68 Å². The van der Waals surface area contributed by atoms with E-state index in [-0.39, 0.29) is 17.2 Å². The van der Waals surface area contributed by atoms with E-state index in [0.717, 1.165) is 50.5 Å². The second-order valence-electron chi connectivity index (χ2n) is 8.35. The Kier molecular flexibility index (Phi) is 7.54. The van der Waals surface area contributed by atoms with Crippen LogP contribution in [0, 0.1) is 0 Å². The molecule has 2 fully saturated rings. The van der Waals surface area contributed by atoms with E-state index in [2.05, 4.69) is 20.4 Å². The molecule has 174 valence electrons. The van der Waals surface area contributed by atoms with Crippen LogP contribution in [0.3, 0.4) is 0 Å². The Bertz CT molecular complexity index is 892. The molecule has 4 rings (SSSR count). The predicted octanol–water partition coefficient (Wildman–Crippen LogP) is 1.91. The fourth-order valence-corrected chi connectivity index (χ4v) is 5.30. The largest absolute Gasteiger partial charge is 0.497 e. The molecule has 9 nitrogen and oxygen atoms in total. The first-order chi connectivity index (χ1) is 15.6. The molecule has 0 unspecified atom stereocenters. The zero-order chi connectivity index (χ0) is 22.4. The molecule has 3 N–H and O–H groups in total. The number of nitrogens with one attached hydrogen (secondary N) is 1. The number of amides is 1. The summed E-state index contributed by atoms with van der Waals surface area (Å²) >= 11 is 1.29. The molecule has 1 saturated heterocycles. The third kappa shape index (κ3) is 5.19. The topological polar surface area (TPSA) is 108 Å². The molecule has 0 atom stereocenters. The molecule has 1 aliphatic carbocycles. The highest BCUT2D eigenvalue weighted by Gasteiger charge is 2.38. The molecule has 0 radical (unpaired) electrons. The van der Waals surface area contributed by atoms with Crippen LogP contribution in [0.2, 0.25) is 0 Å². The van der Waals surface area contributed by atoms with Crippen molar-refractivity contribution in [3.8, 4) is 17.1 Å². The molecule has 2 aliphatic rings. The van der Waals surface area contributed by atoms with E-state index in [1.54, 1.807) is 7.11 Å². The van der Waals surface area contributed by atoms with Crippen LogP contribution in [0.25, 0.3) is 11.4 Å². The lowest BCUT2D eigenvalue weighted by Crippen LogP contribution is -2.59. The molecule has 2 heterocycles. The number of benzene rings is 1. The minimum absolute atomic E-state index is 0.0118. The first-order valence-corrected chi connectivity index (χ1v) is 12.2. The zero-order valence-corrected chi connectivity index (χ0v) is 19.4. The first-order valence-electron chi connectivity index (χ1n) is 11.2. The average Bonchev–Trinajstić information content (AvgIpc) is 3.22. The van der Waals surface area contributed by atoms with E-state index in [0.29, 0.717) is 17.5 Å². The maximum Gasteiger partial charge on any atom is 0.230 e. The smallest absolute Gasteiger partial charge is 0.230 e. The summed E-state index contributed by atoms with van der Waals surface area (Å²) in [5.74, 6) is 7.73. The van der Waals surface area contributed by atoms with Crippen LogP contribution in [0.1, 0.15) is 32.1 Å². The van der Waals surface area contributed by atoms with Gasteiger partial charge in [-0.1, -0.05) is 31.0 Å². The number of carbonyl (C=O) groups excluding carboxylic acids is 1. The summed E-state index contributed by atoms with van der Waals surface area (Å²) in [6.45, 7) is 4.10. The van der Waals surface area contributed by atoms with Crippen LogP contribution in [0.15, 0.2) is 29.4 Å². The summed E-state index contributed by atoms with van der Waals surface area (Å²) in [5.41, 5.74) is 0.888. The number of methoxy groups -OCH3 is 1. The van der Waals surface area contributed by atoms with Gasteiger partial charge in [0, 0.05) is 30.7 Å². The quantitative estimate of drug-likeness (QED) is 0.454. The van der Waals surface area contributed by atoms with Crippen molar-refractivity contribution in [1.82, 2.24) is 25.1 Å². The highest BCUT2D eigenvalue weighted by molar-refractivity contribution is 7.99. The molecule has 1 saturated carbocycles. The van der Waals surface area contributed by atoms with Crippen molar-refractivity contribution >= 4 is 17.7 Å². The summed E-state index contributed by atoms with van der Waals surface area (Å²) < 4.78 is 12.2.